The molecule has 0 aromatic heterocycles. The van der Waals surface area contributed by atoms with Gasteiger partial charge in [-0.25, -0.2) is 14.1 Å². The van der Waals surface area contributed by atoms with Crippen molar-refractivity contribution in [2.45, 2.75) is 25.6 Å². The van der Waals surface area contributed by atoms with E-state index in [0.717, 1.165) is 16.0 Å². The van der Waals surface area contributed by atoms with E-state index >= 15 is 0 Å². The molecule has 0 radical (unpaired) electrons. The Morgan fingerprint density at radius 3 is 2.56 bits per heavy atom. The molecule has 2 aliphatic heterocycles. The molecular formula is C24H19FN2O5. The molecule has 5 rings (SSSR count). The first-order valence-electron chi connectivity index (χ1n) is 10.1. The number of hydrogen-bond donors (Lipinski definition) is 1. The molecular weight excluding hydrogens is 415 g/mol. The van der Waals surface area contributed by atoms with Crippen LogP contribution in [0.25, 0.3) is 0 Å². The van der Waals surface area contributed by atoms with E-state index in [4.69, 9.17) is 4.74 Å². The first-order valence-corrected chi connectivity index (χ1v) is 10.1. The van der Waals surface area contributed by atoms with Crippen molar-refractivity contribution in [2.24, 2.45) is 5.92 Å². The molecule has 0 saturated carbocycles. The minimum Gasteiger partial charge on any atom is -0.474 e. The van der Waals surface area contributed by atoms with Gasteiger partial charge >= 0.3 is 6.09 Å². The van der Waals surface area contributed by atoms with Gasteiger partial charge in [0.05, 0.1) is 17.9 Å². The lowest BCUT2D eigenvalue weighted by Crippen LogP contribution is -2.35. The number of halogens is 1. The molecule has 162 valence electrons. The van der Waals surface area contributed by atoms with E-state index in [-0.39, 0.29) is 17.4 Å². The number of likely N-dealkylation sites (tertiary alicyclic amines) is 1. The van der Waals surface area contributed by atoms with Crippen molar-refractivity contribution in [2.75, 3.05) is 4.90 Å². The lowest BCUT2D eigenvalue weighted by atomic mass is 9.97. The molecule has 3 atom stereocenters. The van der Waals surface area contributed by atoms with Crippen molar-refractivity contribution in [1.29, 1.82) is 0 Å². The molecule has 1 aliphatic carbocycles. The fourth-order valence-electron chi connectivity index (χ4n) is 4.71. The number of amides is 3. The van der Waals surface area contributed by atoms with Crippen LogP contribution in [0.1, 0.15) is 24.1 Å². The molecule has 3 unspecified atom stereocenters. The highest BCUT2D eigenvalue weighted by atomic mass is 19.1. The van der Waals surface area contributed by atoms with E-state index in [9.17, 15) is 23.9 Å². The standard InChI is InChI=1S/C24H19FN2O5/c1-13-10-20(26(22(13)28)16-8-6-15(25)7-9-16)32-12-19-18-11-14-4-2-3-5-17(14)21(18)27(23(19)29)24(30)31/h2-10,12,18,20-21H,11H2,1H3,(H,30,31)/b19-12+. The topological polar surface area (TPSA) is 87.2 Å². The molecule has 7 nitrogen and oxygen atoms in total. The van der Waals surface area contributed by atoms with E-state index in [0.29, 0.717) is 17.7 Å². The van der Waals surface area contributed by atoms with Crippen LogP contribution in [-0.2, 0) is 20.7 Å². The Hall–Kier alpha value is -3.94. The molecule has 2 aromatic carbocycles. The fraction of sp³-hybridized carbons (Fsp3) is 0.208. The smallest absolute Gasteiger partial charge is 0.414 e. The van der Waals surface area contributed by atoms with Gasteiger partial charge in [0.25, 0.3) is 11.8 Å². The predicted molar refractivity (Wildman–Crippen MR) is 112 cm³/mol. The number of benzene rings is 2. The summed E-state index contributed by atoms with van der Waals surface area (Å²) in [5.41, 5.74) is 2.96. The molecule has 3 amide bonds. The van der Waals surface area contributed by atoms with Crippen LogP contribution in [0, 0.1) is 11.7 Å². The summed E-state index contributed by atoms with van der Waals surface area (Å²) in [6.45, 7) is 1.64. The third kappa shape index (κ3) is 2.98. The summed E-state index contributed by atoms with van der Waals surface area (Å²) in [5.74, 6) is -1.71. The number of carbonyl (C=O) groups excluding carboxylic acids is 2. The monoisotopic (exact) mass is 434 g/mol. The summed E-state index contributed by atoms with van der Waals surface area (Å²) >= 11 is 0. The van der Waals surface area contributed by atoms with Gasteiger partial charge in [0.1, 0.15) is 5.82 Å². The Kier molecular flexibility index (Phi) is 4.58. The number of rotatable bonds is 3. The van der Waals surface area contributed by atoms with Crippen molar-refractivity contribution in [3.05, 3.63) is 89.0 Å². The highest BCUT2D eigenvalue weighted by molar-refractivity contribution is 6.08. The Labute approximate surface area is 183 Å². The van der Waals surface area contributed by atoms with E-state index in [1.165, 1.54) is 35.4 Å². The van der Waals surface area contributed by atoms with Gasteiger partial charge in [0.15, 0.2) is 6.23 Å². The summed E-state index contributed by atoms with van der Waals surface area (Å²) in [5, 5.41) is 9.68. The van der Waals surface area contributed by atoms with Gasteiger partial charge in [-0.05, 0) is 54.8 Å². The molecule has 32 heavy (non-hydrogen) atoms. The molecule has 8 heteroatoms. The average molecular weight is 434 g/mol. The quantitative estimate of drug-likeness (QED) is 0.587. The Morgan fingerprint density at radius 2 is 1.84 bits per heavy atom. The SMILES string of the molecule is CC1=CC(O/C=C2/C(=O)N(C(=O)O)C3c4ccccc4CC23)N(c2ccc(F)cc2)C1=O. The van der Waals surface area contributed by atoms with Crippen LogP contribution in [0.15, 0.2) is 72.0 Å². The van der Waals surface area contributed by atoms with E-state index in [1.54, 1.807) is 13.0 Å². The van der Waals surface area contributed by atoms with Crippen molar-refractivity contribution >= 4 is 23.6 Å². The van der Waals surface area contributed by atoms with Gasteiger partial charge in [-0.15, -0.1) is 0 Å². The lowest BCUT2D eigenvalue weighted by Gasteiger charge is -2.24. The van der Waals surface area contributed by atoms with Gasteiger partial charge in [0, 0.05) is 17.2 Å². The Bertz CT molecular complexity index is 1200. The molecule has 0 spiro atoms. The summed E-state index contributed by atoms with van der Waals surface area (Å²) < 4.78 is 19.2. The van der Waals surface area contributed by atoms with Crippen LogP contribution >= 0.6 is 0 Å². The third-order valence-corrected chi connectivity index (χ3v) is 6.19. The van der Waals surface area contributed by atoms with E-state index in [1.807, 2.05) is 24.3 Å². The second-order valence-electron chi connectivity index (χ2n) is 8.01. The Morgan fingerprint density at radius 1 is 1.12 bits per heavy atom. The first kappa shape index (κ1) is 20.0. The predicted octanol–water partition coefficient (Wildman–Crippen LogP) is 3.78. The van der Waals surface area contributed by atoms with Gasteiger partial charge in [0.2, 0.25) is 0 Å². The molecule has 2 heterocycles. The normalized spacial score (nSPS) is 25.2. The molecule has 1 N–H and O–H groups in total. The van der Waals surface area contributed by atoms with Gasteiger partial charge in [-0.3, -0.25) is 14.5 Å². The number of carbonyl (C=O) groups is 3. The zero-order chi connectivity index (χ0) is 22.6. The van der Waals surface area contributed by atoms with Crippen LogP contribution < -0.4 is 4.90 Å². The zero-order valence-electron chi connectivity index (χ0n) is 17.1. The van der Waals surface area contributed by atoms with Crippen molar-refractivity contribution in [3.63, 3.8) is 0 Å². The first-order chi connectivity index (χ1) is 15.4. The number of ether oxygens (including phenoxy) is 1. The maximum atomic E-state index is 13.3. The number of anilines is 1. The molecule has 0 bridgehead atoms. The fourth-order valence-corrected chi connectivity index (χ4v) is 4.71. The van der Waals surface area contributed by atoms with Crippen LogP contribution in [-0.4, -0.2) is 34.1 Å². The number of imide groups is 1. The maximum absolute atomic E-state index is 13.3. The zero-order valence-corrected chi connectivity index (χ0v) is 17.1. The van der Waals surface area contributed by atoms with Gasteiger partial charge in [-0.2, -0.15) is 0 Å². The largest absolute Gasteiger partial charge is 0.474 e. The van der Waals surface area contributed by atoms with E-state index in [2.05, 4.69) is 0 Å². The average Bonchev–Trinajstić information content (AvgIpc) is 3.36. The van der Waals surface area contributed by atoms with Crippen LogP contribution in [0.5, 0.6) is 0 Å². The summed E-state index contributed by atoms with van der Waals surface area (Å²) in [7, 11) is 0. The summed E-state index contributed by atoms with van der Waals surface area (Å²) in [6, 6.07) is 12.3. The number of nitrogens with zero attached hydrogens (tertiary/aromatic N) is 2. The van der Waals surface area contributed by atoms with Crippen molar-refractivity contribution in [3.8, 4) is 0 Å². The third-order valence-electron chi connectivity index (χ3n) is 6.19. The maximum Gasteiger partial charge on any atom is 0.414 e. The van der Waals surface area contributed by atoms with Gasteiger partial charge in [-0.1, -0.05) is 24.3 Å². The highest BCUT2D eigenvalue weighted by Gasteiger charge is 2.52. The molecule has 3 aliphatic rings. The molecule has 2 aromatic rings. The van der Waals surface area contributed by atoms with E-state index < -0.39 is 30.1 Å². The van der Waals surface area contributed by atoms with Crippen molar-refractivity contribution < 1.29 is 28.6 Å². The highest BCUT2D eigenvalue weighted by Crippen LogP contribution is 2.49. The molecule has 1 saturated heterocycles. The van der Waals surface area contributed by atoms with Crippen LogP contribution in [0.2, 0.25) is 0 Å². The number of carboxylic acid groups (broad SMARTS) is 1. The second kappa shape index (κ2) is 7.33. The van der Waals surface area contributed by atoms with Crippen molar-refractivity contribution in [1.82, 2.24) is 4.90 Å². The second-order valence-corrected chi connectivity index (χ2v) is 8.01. The number of fused-ring (bicyclic) bond motifs is 3. The number of hydrogen-bond acceptors (Lipinski definition) is 4. The summed E-state index contributed by atoms with van der Waals surface area (Å²) in [6.07, 6.45) is 1.25. The molecule has 1 fully saturated rings. The van der Waals surface area contributed by atoms with Gasteiger partial charge < -0.3 is 9.84 Å². The summed E-state index contributed by atoms with van der Waals surface area (Å²) in [4.78, 5) is 39.7. The van der Waals surface area contributed by atoms with Crippen LogP contribution in [0.3, 0.4) is 0 Å². The van der Waals surface area contributed by atoms with Crippen LogP contribution in [0.4, 0.5) is 14.9 Å². The minimum atomic E-state index is -1.31. The lowest BCUT2D eigenvalue weighted by molar-refractivity contribution is -0.124. The minimum absolute atomic E-state index is 0.248. The Balaban J connectivity index is 1.47.